The predicted molar refractivity (Wildman–Crippen MR) is 140 cm³/mol. The third kappa shape index (κ3) is 10.1. The van der Waals surface area contributed by atoms with E-state index < -0.39 is 36.7 Å². The molecule has 10 heteroatoms. The van der Waals surface area contributed by atoms with E-state index in [1.54, 1.807) is 0 Å². The van der Waals surface area contributed by atoms with E-state index in [4.69, 9.17) is 29.2 Å². The van der Waals surface area contributed by atoms with Crippen molar-refractivity contribution in [2.45, 2.75) is 76.5 Å². The molecule has 0 aliphatic carbocycles. The molecule has 0 bridgehead atoms. The smallest absolute Gasteiger partial charge is 0.303 e. The molecule has 0 saturated carbocycles. The number of unbranched alkanes of at least 4 members (excludes halogenated alkanes) is 3. The Bertz CT molecular complexity index is 986. The highest BCUT2D eigenvalue weighted by Gasteiger charge is 2.48. The number of hydrogen-bond acceptors (Lipinski definition) is 8. The van der Waals surface area contributed by atoms with Crippen LogP contribution in [0, 0.1) is 0 Å². The second kappa shape index (κ2) is 16.8. The Morgan fingerprint density at radius 3 is 2.26 bits per heavy atom. The number of aliphatic hydroxyl groups excluding tert-OH is 1. The van der Waals surface area contributed by atoms with Gasteiger partial charge in [0, 0.05) is 25.0 Å². The zero-order valence-electron chi connectivity index (χ0n) is 21.8. The minimum absolute atomic E-state index is 0.0918. The maximum absolute atomic E-state index is 11.9. The molecule has 5 atom stereocenters. The molecule has 3 rings (SSSR count). The minimum atomic E-state index is -1.18. The lowest BCUT2D eigenvalue weighted by atomic mass is 9.98. The summed E-state index contributed by atoms with van der Waals surface area (Å²) in [7, 11) is 0. The lowest BCUT2D eigenvalue weighted by Crippen LogP contribution is -2.61. The minimum Gasteiger partial charge on any atom is -0.457 e. The predicted octanol–water partition coefficient (Wildman–Crippen LogP) is 4.69. The van der Waals surface area contributed by atoms with Crippen molar-refractivity contribution >= 4 is 5.97 Å². The standard InChI is InChI=1S/C28H37N3O7/c1-21(32)37-26-24(20-34-18-22-12-6-4-7-13-22)38-28(35-17-11-3-2-10-16-30-31-29)27(25(26)33)36-19-23-14-8-5-9-15-23/h4-9,12-15,24-28,33H,2-3,10-11,16-20H2,1H3/t24-,25+,26+,27-,28-/m1/s1. The van der Waals surface area contributed by atoms with Crippen LogP contribution in [0.3, 0.4) is 0 Å². The van der Waals surface area contributed by atoms with Crippen molar-refractivity contribution in [1.82, 2.24) is 0 Å². The van der Waals surface area contributed by atoms with Crippen LogP contribution < -0.4 is 0 Å². The largest absolute Gasteiger partial charge is 0.457 e. The molecular formula is C28H37N3O7. The van der Waals surface area contributed by atoms with Gasteiger partial charge >= 0.3 is 5.97 Å². The van der Waals surface area contributed by atoms with Crippen molar-refractivity contribution in [3.63, 3.8) is 0 Å². The molecule has 2 aromatic rings. The molecule has 0 spiro atoms. The fourth-order valence-electron chi connectivity index (χ4n) is 4.19. The molecule has 1 fully saturated rings. The van der Waals surface area contributed by atoms with E-state index in [1.165, 1.54) is 6.92 Å². The van der Waals surface area contributed by atoms with Crippen LogP contribution >= 0.6 is 0 Å². The van der Waals surface area contributed by atoms with E-state index in [-0.39, 0.29) is 13.2 Å². The molecule has 0 aromatic heterocycles. The number of rotatable bonds is 16. The zero-order chi connectivity index (χ0) is 27.0. The summed E-state index contributed by atoms with van der Waals surface area (Å²) >= 11 is 0. The Labute approximate surface area is 223 Å². The molecular weight excluding hydrogens is 490 g/mol. The number of aliphatic hydroxyl groups is 1. The Morgan fingerprint density at radius 1 is 0.947 bits per heavy atom. The molecule has 1 aliphatic rings. The van der Waals surface area contributed by atoms with Crippen molar-refractivity contribution in [3.05, 3.63) is 82.2 Å². The van der Waals surface area contributed by atoms with Gasteiger partial charge in [-0.25, -0.2) is 0 Å². The Morgan fingerprint density at radius 2 is 1.61 bits per heavy atom. The van der Waals surface area contributed by atoms with Crippen LogP contribution in [0.15, 0.2) is 65.8 Å². The normalized spacial score (nSPS) is 22.9. The second-order valence-corrected chi connectivity index (χ2v) is 9.11. The molecule has 2 aromatic carbocycles. The Balaban J connectivity index is 1.64. The summed E-state index contributed by atoms with van der Waals surface area (Å²) in [5, 5.41) is 14.8. The fraction of sp³-hybridized carbons (Fsp3) is 0.536. The molecule has 10 nitrogen and oxygen atoms in total. The van der Waals surface area contributed by atoms with Crippen LogP contribution in [0.2, 0.25) is 0 Å². The molecule has 38 heavy (non-hydrogen) atoms. The van der Waals surface area contributed by atoms with Crippen LogP contribution in [0.5, 0.6) is 0 Å². The molecule has 0 amide bonds. The van der Waals surface area contributed by atoms with Gasteiger partial charge in [-0.2, -0.15) is 0 Å². The van der Waals surface area contributed by atoms with Crippen molar-refractivity contribution in [3.8, 4) is 0 Å². The lowest BCUT2D eigenvalue weighted by molar-refractivity contribution is -0.315. The molecule has 206 valence electrons. The number of esters is 1. The summed E-state index contributed by atoms with van der Waals surface area (Å²) < 4.78 is 29.7. The van der Waals surface area contributed by atoms with Crippen LogP contribution in [0.4, 0.5) is 0 Å². The lowest BCUT2D eigenvalue weighted by Gasteiger charge is -2.43. The molecule has 1 N–H and O–H groups in total. The summed E-state index contributed by atoms with van der Waals surface area (Å²) in [5.74, 6) is -0.535. The topological polar surface area (TPSA) is 132 Å². The summed E-state index contributed by atoms with van der Waals surface area (Å²) in [6.45, 7) is 2.83. The molecule has 1 heterocycles. The first kappa shape index (κ1) is 29.6. The summed E-state index contributed by atoms with van der Waals surface area (Å²) in [4.78, 5) is 14.6. The highest BCUT2D eigenvalue weighted by atomic mass is 16.7. The first-order chi connectivity index (χ1) is 18.6. The number of azide groups is 1. The van der Waals surface area contributed by atoms with Crippen LogP contribution in [0.25, 0.3) is 10.4 Å². The molecule has 0 unspecified atom stereocenters. The molecule has 0 radical (unpaired) electrons. The zero-order valence-corrected chi connectivity index (χ0v) is 21.8. The van der Waals surface area contributed by atoms with Gasteiger partial charge in [0.1, 0.15) is 18.3 Å². The molecule has 1 saturated heterocycles. The number of carbonyl (C=O) groups is 1. The number of carbonyl (C=O) groups excluding carboxylic acids is 1. The van der Waals surface area contributed by atoms with Crippen molar-refractivity contribution in [2.75, 3.05) is 19.8 Å². The summed E-state index contributed by atoms with van der Waals surface area (Å²) in [6.07, 6.45) is -1.29. The molecule has 1 aliphatic heterocycles. The Kier molecular flexibility index (Phi) is 13.1. The van der Waals surface area contributed by atoms with E-state index in [9.17, 15) is 9.90 Å². The van der Waals surface area contributed by atoms with E-state index in [1.807, 2.05) is 60.7 Å². The van der Waals surface area contributed by atoms with E-state index in [0.717, 1.165) is 36.8 Å². The van der Waals surface area contributed by atoms with Gasteiger partial charge in [0.25, 0.3) is 0 Å². The number of nitrogens with zero attached hydrogens (tertiary/aromatic N) is 3. The first-order valence-electron chi connectivity index (χ1n) is 13.0. The van der Waals surface area contributed by atoms with Gasteiger partial charge < -0.3 is 28.8 Å². The monoisotopic (exact) mass is 527 g/mol. The van der Waals surface area contributed by atoms with Gasteiger partial charge in [-0.1, -0.05) is 78.6 Å². The third-order valence-electron chi connectivity index (χ3n) is 6.10. The van der Waals surface area contributed by atoms with Gasteiger partial charge in [-0.05, 0) is 29.5 Å². The van der Waals surface area contributed by atoms with Crippen LogP contribution in [-0.2, 0) is 41.7 Å². The highest BCUT2D eigenvalue weighted by Crippen LogP contribution is 2.28. The first-order valence-corrected chi connectivity index (χ1v) is 13.0. The van der Waals surface area contributed by atoms with Crippen LogP contribution in [-0.4, -0.2) is 61.5 Å². The van der Waals surface area contributed by atoms with Crippen molar-refractivity contribution in [1.29, 1.82) is 0 Å². The number of ether oxygens (including phenoxy) is 5. The summed E-state index contributed by atoms with van der Waals surface area (Å²) in [5.41, 5.74) is 10.3. The SMILES string of the molecule is CC(=O)O[C@@H]1[C@H](O)[C@@H](OCc2ccccc2)[C@H](OCCCCCCN=[N+]=[N-])O[C@@H]1COCc1ccccc1. The maximum Gasteiger partial charge on any atom is 0.303 e. The average Bonchev–Trinajstić information content (AvgIpc) is 2.92. The second-order valence-electron chi connectivity index (χ2n) is 9.11. The number of hydrogen-bond donors (Lipinski definition) is 1. The van der Waals surface area contributed by atoms with Gasteiger partial charge in [0.05, 0.1) is 19.8 Å². The van der Waals surface area contributed by atoms with Gasteiger partial charge in [-0.3, -0.25) is 4.79 Å². The van der Waals surface area contributed by atoms with Crippen molar-refractivity contribution < 1.29 is 33.6 Å². The van der Waals surface area contributed by atoms with Gasteiger partial charge in [0.2, 0.25) is 0 Å². The van der Waals surface area contributed by atoms with E-state index in [0.29, 0.717) is 19.8 Å². The third-order valence-corrected chi connectivity index (χ3v) is 6.10. The highest BCUT2D eigenvalue weighted by molar-refractivity contribution is 5.66. The number of benzene rings is 2. The summed E-state index contributed by atoms with van der Waals surface area (Å²) in [6, 6.07) is 19.3. The van der Waals surface area contributed by atoms with Gasteiger partial charge in [0.15, 0.2) is 12.4 Å². The van der Waals surface area contributed by atoms with Crippen molar-refractivity contribution in [2.24, 2.45) is 5.11 Å². The van der Waals surface area contributed by atoms with E-state index in [2.05, 4.69) is 10.0 Å². The maximum atomic E-state index is 11.9. The Hall–Kier alpha value is -2.98. The van der Waals surface area contributed by atoms with Gasteiger partial charge in [-0.15, -0.1) is 0 Å². The average molecular weight is 528 g/mol. The quantitative estimate of drug-likeness (QED) is 0.110. The van der Waals surface area contributed by atoms with Crippen LogP contribution in [0.1, 0.15) is 43.7 Å². The van der Waals surface area contributed by atoms with E-state index >= 15 is 0 Å². The fourth-order valence-corrected chi connectivity index (χ4v) is 4.19.